The minimum Gasteiger partial charge on any atom is -0.381 e. The summed E-state index contributed by atoms with van der Waals surface area (Å²) in [5, 5.41) is 3.00. The minimum atomic E-state index is -0.278. The van der Waals surface area contributed by atoms with Gasteiger partial charge in [0, 0.05) is 29.5 Å². The number of rotatable bonds is 5. The molecule has 3 nitrogen and oxygen atoms in total. The summed E-state index contributed by atoms with van der Waals surface area (Å²) in [6, 6.07) is 4.66. The van der Waals surface area contributed by atoms with Crippen LogP contribution in [0.3, 0.4) is 0 Å². The van der Waals surface area contributed by atoms with E-state index in [4.69, 9.17) is 4.74 Å². The van der Waals surface area contributed by atoms with E-state index in [1.807, 2.05) is 6.92 Å². The lowest BCUT2D eigenvalue weighted by atomic mass is 10.0. The zero-order valence-electron chi connectivity index (χ0n) is 11.5. The van der Waals surface area contributed by atoms with Crippen LogP contribution in [0.2, 0.25) is 0 Å². The number of hydrogen-bond acceptors (Lipinski definition) is 2. The summed E-state index contributed by atoms with van der Waals surface area (Å²) in [6.45, 7) is 3.51. The zero-order chi connectivity index (χ0) is 14.5. The van der Waals surface area contributed by atoms with E-state index < -0.39 is 0 Å². The predicted molar refractivity (Wildman–Crippen MR) is 79.0 cm³/mol. The Bertz CT molecular complexity index is 475. The number of nitrogens with one attached hydrogen (secondary N) is 1. The van der Waals surface area contributed by atoms with E-state index >= 15 is 0 Å². The second kappa shape index (κ2) is 7.18. The van der Waals surface area contributed by atoms with Crippen LogP contribution in [0.15, 0.2) is 22.7 Å². The Morgan fingerprint density at radius 1 is 1.60 bits per heavy atom. The second-order valence-corrected chi connectivity index (χ2v) is 6.07. The molecule has 0 aromatic heterocycles. The molecule has 0 radical (unpaired) electrons. The van der Waals surface area contributed by atoms with Crippen molar-refractivity contribution in [3.63, 3.8) is 0 Å². The van der Waals surface area contributed by atoms with Crippen LogP contribution in [0, 0.1) is 11.7 Å². The van der Waals surface area contributed by atoms with Crippen molar-refractivity contribution in [2.24, 2.45) is 5.92 Å². The van der Waals surface area contributed by atoms with Gasteiger partial charge in [-0.15, -0.1) is 0 Å². The van der Waals surface area contributed by atoms with Gasteiger partial charge in [-0.05, 0) is 43.5 Å². The molecular weight excluding hydrogens is 325 g/mol. The van der Waals surface area contributed by atoms with Gasteiger partial charge in [0.25, 0.3) is 0 Å². The van der Waals surface area contributed by atoms with Gasteiger partial charge in [0.2, 0.25) is 5.91 Å². The van der Waals surface area contributed by atoms with E-state index in [0.717, 1.165) is 29.7 Å². The first-order valence-electron chi connectivity index (χ1n) is 6.87. The molecule has 0 bridgehead atoms. The maximum absolute atomic E-state index is 13.2. The molecule has 0 spiro atoms. The fourth-order valence-corrected chi connectivity index (χ4v) is 2.82. The van der Waals surface area contributed by atoms with Crippen LogP contribution >= 0.6 is 15.9 Å². The fourth-order valence-electron chi connectivity index (χ4n) is 2.37. The van der Waals surface area contributed by atoms with Crippen molar-refractivity contribution < 1.29 is 13.9 Å². The number of aryl methyl sites for hydroxylation is 1. The van der Waals surface area contributed by atoms with Gasteiger partial charge >= 0.3 is 0 Å². The van der Waals surface area contributed by atoms with E-state index in [1.54, 1.807) is 6.07 Å². The molecule has 1 fully saturated rings. The largest absolute Gasteiger partial charge is 0.381 e. The number of halogens is 2. The van der Waals surface area contributed by atoms with Gasteiger partial charge < -0.3 is 10.1 Å². The second-order valence-electron chi connectivity index (χ2n) is 5.22. The first-order valence-corrected chi connectivity index (χ1v) is 7.66. The van der Waals surface area contributed by atoms with Crippen molar-refractivity contribution in [1.82, 2.24) is 5.32 Å². The lowest BCUT2D eigenvalue weighted by molar-refractivity contribution is -0.122. The van der Waals surface area contributed by atoms with Gasteiger partial charge in [-0.3, -0.25) is 4.79 Å². The molecular formula is C15H19BrFNO2. The topological polar surface area (TPSA) is 38.3 Å². The first kappa shape index (κ1) is 15.4. The molecule has 0 saturated carbocycles. The molecule has 1 saturated heterocycles. The van der Waals surface area contributed by atoms with Gasteiger partial charge in [-0.2, -0.15) is 0 Å². The molecule has 110 valence electrons. The van der Waals surface area contributed by atoms with Crippen molar-refractivity contribution in [2.45, 2.75) is 32.2 Å². The van der Waals surface area contributed by atoms with Gasteiger partial charge in [0.05, 0.1) is 6.61 Å². The van der Waals surface area contributed by atoms with E-state index in [0.29, 0.717) is 18.8 Å². The standard InChI is InChI=1S/C15H19BrFNO2/c1-10(12-6-7-20-9-12)18-15(19)5-2-11-8-13(17)3-4-14(11)16/h3-4,8,10,12H,2,5-7,9H2,1H3,(H,18,19)/t10-,12-/m1/s1. The van der Waals surface area contributed by atoms with Crippen molar-refractivity contribution in [1.29, 1.82) is 0 Å². The first-order chi connectivity index (χ1) is 9.56. The summed E-state index contributed by atoms with van der Waals surface area (Å²) in [5.41, 5.74) is 0.817. The summed E-state index contributed by atoms with van der Waals surface area (Å²) in [5.74, 6) is 0.125. The summed E-state index contributed by atoms with van der Waals surface area (Å²) in [6.07, 6.45) is 1.88. The predicted octanol–water partition coefficient (Wildman–Crippen LogP) is 3.06. The van der Waals surface area contributed by atoms with Gasteiger partial charge in [0.15, 0.2) is 0 Å². The highest BCUT2D eigenvalue weighted by atomic mass is 79.9. The number of benzene rings is 1. The van der Waals surface area contributed by atoms with Crippen molar-refractivity contribution >= 4 is 21.8 Å². The molecule has 2 rings (SSSR count). The van der Waals surface area contributed by atoms with Crippen LogP contribution in [-0.4, -0.2) is 25.2 Å². The lowest BCUT2D eigenvalue weighted by Crippen LogP contribution is -2.38. The van der Waals surface area contributed by atoms with Crippen molar-refractivity contribution in [2.75, 3.05) is 13.2 Å². The van der Waals surface area contributed by atoms with E-state index in [1.165, 1.54) is 12.1 Å². The maximum atomic E-state index is 13.2. The Morgan fingerprint density at radius 2 is 2.40 bits per heavy atom. The van der Waals surface area contributed by atoms with Gasteiger partial charge in [-0.1, -0.05) is 15.9 Å². The third kappa shape index (κ3) is 4.28. The number of carbonyl (C=O) groups is 1. The lowest BCUT2D eigenvalue weighted by Gasteiger charge is -2.19. The molecule has 20 heavy (non-hydrogen) atoms. The monoisotopic (exact) mass is 343 g/mol. The highest BCUT2D eigenvalue weighted by Crippen LogP contribution is 2.20. The number of amides is 1. The third-order valence-corrected chi connectivity index (χ3v) is 4.46. The minimum absolute atomic E-state index is 0.000520. The average molecular weight is 344 g/mol. The van der Waals surface area contributed by atoms with Crippen LogP contribution in [0.4, 0.5) is 4.39 Å². The third-order valence-electron chi connectivity index (χ3n) is 3.69. The molecule has 1 N–H and O–H groups in total. The van der Waals surface area contributed by atoms with E-state index in [9.17, 15) is 9.18 Å². The molecule has 1 aliphatic heterocycles. The van der Waals surface area contributed by atoms with Crippen LogP contribution < -0.4 is 5.32 Å². The Kier molecular flexibility index (Phi) is 5.54. The Morgan fingerprint density at radius 3 is 3.10 bits per heavy atom. The number of carbonyl (C=O) groups excluding carboxylic acids is 1. The molecule has 1 heterocycles. The number of hydrogen-bond donors (Lipinski definition) is 1. The van der Waals surface area contributed by atoms with E-state index in [2.05, 4.69) is 21.2 Å². The van der Waals surface area contributed by atoms with Crippen molar-refractivity contribution in [3.05, 3.63) is 34.1 Å². The number of ether oxygens (including phenoxy) is 1. The molecule has 1 amide bonds. The normalized spacial score (nSPS) is 19.9. The summed E-state index contributed by atoms with van der Waals surface area (Å²) in [4.78, 5) is 11.9. The van der Waals surface area contributed by atoms with Gasteiger partial charge in [0.1, 0.15) is 5.82 Å². The molecule has 1 aliphatic rings. The van der Waals surface area contributed by atoms with Crippen molar-refractivity contribution in [3.8, 4) is 0 Å². The molecule has 1 aromatic rings. The zero-order valence-corrected chi connectivity index (χ0v) is 13.1. The highest BCUT2D eigenvalue weighted by Gasteiger charge is 2.23. The Balaban J connectivity index is 1.81. The van der Waals surface area contributed by atoms with Crippen LogP contribution in [0.5, 0.6) is 0 Å². The molecule has 0 unspecified atom stereocenters. The summed E-state index contributed by atoms with van der Waals surface area (Å²) < 4.78 is 19.3. The van der Waals surface area contributed by atoms with Gasteiger partial charge in [-0.25, -0.2) is 4.39 Å². The maximum Gasteiger partial charge on any atom is 0.220 e. The quantitative estimate of drug-likeness (QED) is 0.892. The molecule has 1 aromatic carbocycles. The Hall–Kier alpha value is -0.940. The molecule has 2 atom stereocenters. The fraction of sp³-hybridized carbons (Fsp3) is 0.533. The van der Waals surface area contributed by atoms with Crippen LogP contribution in [-0.2, 0) is 16.0 Å². The van der Waals surface area contributed by atoms with E-state index in [-0.39, 0.29) is 17.8 Å². The Labute approximate surface area is 127 Å². The van der Waals surface area contributed by atoms with Crippen LogP contribution in [0.1, 0.15) is 25.3 Å². The summed E-state index contributed by atoms with van der Waals surface area (Å²) in [7, 11) is 0. The molecule has 0 aliphatic carbocycles. The van der Waals surface area contributed by atoms with Crippen LogP contribution in [0.25, 0.3) is 0 Å². The summed E-state index contributed by atoms with van der Waals surface area (Å²) >= 11 is 3.37. The highest BCUT2D eigenvalue weighted by molar-refractivity contribution is 9.10. The average Bonchev–Trinajstić information content (AvgIpc) is 2.94. The molecule has 5 heteroatoms. The smallest absolute Gasteiger partial charge is 0.220 e. The SMILES string of the molecule is C[C@@H](NC(=O)CCc1cc(F)ccc1Br)[C@@H]1CCOC1.